The summed E-state index contributed by atoms with van der Waals surface area (Å²) in [4.78, 5) is 8.92. The van der Waals surface area contributed by atoms with Gasteiger partial charge < -0.3 is 0 Å². The summed E-state index contributed by atoms with van der Waals surface area (Å²) in [5.41, 5.74) is 3.36. The van der Waals surface area contributed by atoms with E-state index in [4.69, 9.17) is 11.6 Å². The van der Waals surface area contributed by atoms with Gasteiger partial charge in [0.2, 0.25) is 0 Å². The van der Waals surface area contributed by atoms with Crippen molar-refractivity contribution in [3.63, 3.8) is 0 Å². The highest BCUT2D eigenvalue weighted by Crippen LogP contribution is 2.16. The fourth-order valence-electron chi connectivity index (χ4n) is 1.94. The van der Waals surface area contributed by atoms with E-state index >= 15 is 0 Å². The van der Waals surface area contributed by atoms with Gasteiger partial charge in [0.05, 0.1) is 0 Å². The second kappa shape index (κ2) is 5.96. The van der Waals surface area contributed by atoms with E-state index in [2.05, 4.69) is 41.2 Å². The Hall–Kier alpha value is -1.41. The third-order valence-electron chi connectivity index (χ3n) is 3.05. The normalized spacial score (nSPS) is 10.6. The quantitative estimate of drug-likeness (QED) is 0.782. The Morgan fingerprint density at radius 1 is 1.06 bits per heavy atom. The molecule has 0 unspecified atom stereocenters. The minimum Gasteiger partial charge on any atom is -0.238 e. The minimum absolute atomic E-state index is 0.588. The van der Waals surface area contributed by atoms with Crippen molar-refractivity contribution < 1.29 is 0 Å². The molecule has 0 aliphatic rings. The fraction of sp³-hybridized carbons (Fsp3) is 0.333. The summed E-state index contributed by atoms with van der Waals surface area (Å²) in [5, 5.41) is 0.588. The number of rotatable bonds is 4. The van der Waals surface area contributed by atoms with Gasteiger partial charge in [0.1, 0.15) is 11.0 Å². The topological polar surface area (TPSA) is 25.8 Å². The lowest BCUT2D eigenvalue weighted by Gasteiger charge is -2.07. The van der Waals surface area contributed by atoms with Gasteiger partial charge in [0, 0.05) is 17.7 Å². The molecule has 1 aromatic heterocycles. The molecule has 0 spiro atoms. The van der Waals surface area contributed by atoms with Gasteiger partial charge in [-0.2, -0.15) is 0 Å². The van der Waals surface area contributed by atoms with E-state index in [-0.39, 0.29) is 0 Å². The van der Waals surface area contributed by atoms with E-state index < -0.39 is 0 Å². The van der Waals surface area contributed by atoms with Gasteiger partial charge in [-0.05, 0) is 25.3 Å². The standard InChI is InChI=1S/C15H17ClN2/c1-3-13-11(2)15(16)18-14(17-13)10-9-12-7-5-4-6-8-12/h4-8H,3,9-10H2,1-2H3. The lowest BCUT2D eigenvalue weighted by atomic mass is 10.1. The third kappa shape index (κ3) is 3.08. The molecule has 0 aliphatic carbocycles. The summed E-state index contributed by atoms with van der Waals surface area (Å²) in [6.07, 6.45) is 2.67. The van der Waals surface area contributed by atoms with Crippen LogP contribution in [0.15, 0.2) is 30.3 Å². The second-order valence-electron chi connectivity index (χ2n) is 4.34. The van der Waals surface area contributed by atoms with Crippen LogP contribution in [0.3, 0.4) is 0 Å². The second-order valence-corrected chi connectivity index (χ2v) is 4.70. The molecule has 0 saturated carbocycles. The van der Waals surface area contributed by atoms with Crippen LogP contribution in [0.5, 0.6) is 0 Å². The molecule has 0 fully saturated rings. The minimum atomic E-state index is 0.588. The van der Waals surface area contributed by atoms with E-state index in [9.17, 15) is 0 Å². The molecule has 0 aliphatic heterocycles. The Morgan fingerprint density at radius 2 is 1.78 bits per heavy atom. The van der Waals surface area contributed by atoms with Crippen LogP contribution < -0.4 is 0 Å². The van der Waals surface area contributed by atoms with Gasteiger partial charge in [0.25, 0.3) is 0 Å². The molecule has 1 heterocycles. The van der Waals surface area contributed by atoms with Gasteiger partial charge in [-0.15, -0.1) is 0 Å². The summed E-state index contributed by atoms with van der Waals surface area (Å²) in [6, 6.07) is 10.4. The van der Waals surface area contributed by atoms with Gasteiger partial charge in [0.15, 0.2) is 0 Å². The van der Waals surface area contributed by atoms with Crippen LogP contribution in [0.1, 0.15) is 29.6 Å². The molecule has 0 saturated heterocycles. The number of benzene rings is 1. The van der Waals surface area contributed by atoms with Gasteiger partial charge >= 0.3 is 0 Å². The highest BCUT2D eigenvalue weighted by Gasteiger charge is 2.07. The van der Waals surface area contributed by atoms with Crippen LogP contribution in [0, 0.1) is 6.92 Å². The number of aromatic nitrogens is 2. The van der Waals surface area contributed by atoms with Gasteiger partial charge in [-0.25, -0.2) is 9.97 Å². The zero-order valence-corrected chi connectivity index (χ0v) is 11.5. The lowest BCUT2D eigenvalue weighted by molar-refractivity contribution is 0.824. The predicted octanol–water partition coefficient (Wildman–Crippen LogP) is 3.79. The van der Waals surface area contributed by atoms with Gasteiger partial charge in [-0.3, -0.25) is 0 Å². The van der Waals surface area contributed by atoms with E-state index in [0.717, 1.165) is 36.3 Å². The van der Waals surface area contributed by atoms with Crippen LogP contribution in [0.25, 0.3) is 0 Å². The van der Waals surface area contributed by atoms with Crippen molar-refractivity contribution in [1.82, 2.24) is 9.97 Å². The highest BCUT2D eigenvalue weighted by atomic mass is 35.5. The Balaban J connectivity index is 2.13. The van der Waals surface area contributed by atoms with E-state index in [1.807, 2.05) is 13.0 Å². The Bertz CT molecular complexity index is 524. The SMILES string of the molecule is CCc1nc(CCc2ccccc2)nc(Cl)c1C. The summed E-state index contributed by atoms with van der Waals surface area (Å²) < 4.78 is 0. The fourth-order valence-corrected chi connectivity index (χ4v) is 2.14. The molecule has 0 atom stereocenters. The number of hydrogen-bond acceptors (Lipinski definition) is 2. The maximum Gasteiger partial charge on any atom is 0.135 e. The average molecular weight is 261 g/mol. The molecule has 2 aromatic rings. The third-order valence-corrected chi connectivity index (χ3v) is 3.42. The van der Waals surface area contributed by atoms with Crippen LogP contribution in [0.4, 0.5) is 0 Å². The first kappa shape index (κ1) is 13.0. The summed E-state index contributed by atoms with van der Waals surface area (Å²) in [6.45, 7) is 4.06. The van der Waals surface area contributed by atoms with Crippen LogP contribution in [-0.2, 0) is 19.3 Å². The number of hydrogen-bond donors (Lipinski definition) is 0. The largest absolute Gasteiger partial charge is 0.238 e. The maximum atomic E-state index is 6.13. The molecular weight excluding hydrogens is 244 g/mol. The number of aryl methyl sites for hydroxylation is 3. The Labute approximate surface area is 113 Å². The van der Waals surface area contributed by atoms with Crippen molar-refractivity contribution in [2.45, 2.75) is 33.1 Å². The molecule has 0 bridgehead atoms. The Kier molecular flexibility index (Phi) is 4.32. The molecule has 0 amide bonds. The molecule has 3 heteroatoms. The van der Waals surface area contributed by atoms with Crippen molar-refractivity contribution in [3.05, 3.63) is 58.1 Å². The molecule has 2 rings (SSSR count). The number of nitrogens with zero attached hydrogens (tertiary/aromatic N) is 2. The molecule has 0 radical (unpaired) electrons. The van der Waals surface area contributed by atoms with E-state index in [1.54, 1.807) is 0 Å². The highest BCUT2D eigenvalue weighted by molar-refractivity contribution is 6.30. The van der Waals surface area contributed by atoms with Crippen LogP contribution in [0.2, 0.25) is 5.15 Å². The summed E-state index contributed by atoms with van der Waals surface area (Å²) in [7, 11) is 0. The zero-order chi connectivity index (χ0) is 13.0. The molecule has 18 heavy (non-hydrogen) atoms. The first-order valence-corrected chi connectivity index (χ1v) is 6.64. The van der Waals surface area contributed by atoms with Crippen molar-refractivity contribution in [2.24, 2.45) is 0 Å². The van der Waals surface area contributed by atoms with E-state index in [0.29, 0.717) is 5.15 Å². The van der Waals surface area contributed by atoms with Gasteiger partial charge in [-0.1, -0.05) is 48.9 Å². The maximum absolute atomic E-state index is 6.13. The molecule has 94 valence electrons. The van der Waals surface area contributed by atoms with E-state index in [1.165, 1.54) is 5.56 Å². The molecule has 1 aromatic carbocycles. The predicted molar refractivity (Wildman–Crippen MR) is 75.0 cm³/mol. The average Bonchev–Trinajstić information content (AvgIpc) is 2.41. The molecule has 0 N–H and O–H groups in total. The zero-order valence-electron chi connectivity index (χ0n) is 10.8. The Morgan fingerprint density at radius 3 is 2.44 bits per heavy atom. The van der Waals surface area contributed by atoms with Crippen molar-refractivity contribution >= 4 is 11.6 Å². The van der Waals surface area contributed by atoms with Crippen LogP contribution >= 0.6 is 11.6 Å². The van der Waals surface area contributed by atoms with Crippen LogP contribution in [-0.4, -0.2) is 9.97 Å². The number of halogens is 1. The molecular formula is C15H17ClN2. The first-order chi connectivity index (χ1) is 8.70. The van der Waals surface area contributed by atoms with Crippen molar-refractivity contribution in [1.29, 1.82) is 0 Å². The first-order valence-electron chi connectivity index (χ1n) is 6.26. The van der Waals surface area contributed by atoms with Crippen molar-refractivity contribution in [2.75, 3.05) is 0 Å². The lowest BCUT2D eigenvalue weighted by Crippen LogP contribution is -2.04. The summed E-state index contributed by atoms with van der Waals surface area (Å²) >= 11 is 6.13. The summed E-state index contributed by atoms with van der Waals surface area (Å²) in [5.74, 6) is 0.839. The monoisotopic (exact) mass is 260 g/mol. The smallest absolute Gasteiger partial charge is 0.135 e. The molecule has 2 nitrogen and oxygen atoms in total. The van der Waals surface area contributed by atoms with Crippen molar-refractivity contribution in [3.8, 4) is 0 Å².